The third-order valence-electron chi connectivity index (χ3n) is 4.05. The molecule has 2 aliphatic heterocycles. The van der Waals surface area contributed by atoms with Crippen molar-refractivity contribution in [2.75, 3.05) is 33.2 Å². The molecule has 18 heavy (non-hydrogen) atoms. The lowest BCUT2D eigenvalue weighted by Crippen LogP contribution is -2.52. The third-order valence-corrected chi connectivity index (χ3v) is 4.05. The van der Waals surface area contributed by atoms with Crippen LogP contribution in [-0.4, -0.2) is 56.2 Å². The average Bonchev–Trinajstić information content (AvgIpc) is 2.39. The van der Waals surface area contributed by atoms with Gasteiger partial charge in [0.15, 0.2) is 0 Å². The van der Waals surface area contributed by atoms with Crippen LogP contribution in [0.15, 0.2) is 0 Å². The summed E-state index contributed by atoms with van der Waals surface area (Å²) in [5.74, 6) is 0. The molecule has 2 amide bonds. The van der Waals surface area contributed by atoms with Gasteiger partial charge in [0.05, 0.1) is 0 Å². The van der Waals surface area contributed by atoms with E-state index in [1.807, 2.05) is 0 Å². The Labute approximate surface area is 110 Å². The summed E-state index contributed by atoms with van der Waals surface area (Å²) in [5.41, 5.74) is 0. The first-order chi connectivity index (χ1) is 8.75. The molecule has 0 aromatic carbocycles. The number of nitrogens with one attached hydrogen (secondary N) is 3. The van der Waals surface area contributed by atoms with Crippen molar-refractivity contribution >= 4 is 6.03 Å². The fourth-order valence-electron chi connectivity index (χ4n) is 2.82. The molecule has 2 rings (SSSR count). The molecule has 0 aromatic heterocycles. The van der Waals surface area contributed by atoms with Gasteiger partial charge >= 0.3 is 6.03 Å². The summed E-state index contributed by atoms with van der Waals surface area (Å²) in [6.07, 6.45) is 6.00. The summed E-state index contributed by atoms with van der Waals surface area (Å²) in [4.78, 5) is 14.1. The van der Waals surface area contributed by atoms with E-state index in [1.54, 1.807) is 0 Å². The van der Waals surface area contributed by atoms with Crippen molar-refractivity contribution in [3.8, 4) is 0 Å². The number of likely N-dealkylation sites (N-methyl/N-ethyl adjacent to an activating group) is 1. The Hall–Kier alpha value is -0.810. The van der Waals surface area contributed by atoms with Gasteiger partial charge in [-0.1, -0.05) is 6.42 Å². The Bertz CT molecular complexity index is 266. The first-order valence-corrected chi connectivity index (χ1v) is 7.21. The van der Waals surface area contributed by atoms with Crippen LogP contribution < -0.4 is 16.0 Å². The molecule has 104 valence electrons. The summed E-state index contributed by atoms with van der Waals surface area (Å²) in [5, 5.41) is 9.35. The van der Waals surface area contributed by atoms with E-state index in [1.165, 1.54) is 19.3 Å². The monoisotopic (exact) mass is 254 g/mol. The van der Waals surface area contributed by atoms with E-state index in [2.05, 4.69) is 27.9 Å². The van der Waals surface area contributed by atoms with E-state index >= 15 is 0 Å². The second kappa shape index (κ2) is 6.95. The zero-order valence-corrected chi connectivity index (χ0v) is 11.4. The molecule has 3 N–H and O–H groups in total. The van der Waals surface area contributed by atoms with Crippen molar-refractivity contribution in [2.24, 2.45) is 0 Å². The van der Waals surface area contributed by atoms with Crippen LogP contribution in [0.5, 0.6) is 0 Å². The summed E-state index contributed by atoms with van der Waals surface area (Å²) >= 11 is 0. The number of rotatable bonds is 3. The minimum absolute atomic E-state index is 0.0114. The molecule has 0 aliphatic carbocycles. The highest BCUT2D eigenvalue weighted by Crippen LogP contribution is 2.13. The van der Waals surface area contributed by atoms with Gasteiger partial charge in [-0.3, -0.25) is 0 Å². The lowest BCUT2D eigenvalue weighted by atomic mass is 10.0. The quantitative estimate of drug-likeness (QED) is 0.688. The van der Waals surface area contributed by atoms with Gasteiger partial charge in [-0.15, -0.1) is 0 Å². The van der Waals surface area contributed by atoms with Crippen LogP contribution in [0, 0.1) is 0 Å². The van der Waals surface area contributed by atoms with Crippen molar-refractivity contribution in [3.05, 3.63) is 0 Å². The highest BCUT2D eigenvalue weighted by Gasteiger charge is 2.20. The number of carbonyl (C=O) groups excluding carboxylic acids is 1. The van der Waals surface area contributed by atoms with Crippen LogP contribution in [-0.2, 0) is 0 Å². The minimum Gasteiger partial charge on any atom is -0.337 e. The van der Waals surface area contributed by atoms with E-state index in [-0.39, 0.29) is 6.03 Å². The molecule has 5 heteroatoms. The Morgan fingerprint density at radius 2 is 2.22 bits per heavy atom. The molecule has 2 heterocycles. The van der Waals surface area contributed by atoms with Crippen LogP contribution >= 0.6 is 0 Å². The molecule has 2 unspecified atom stereocenters. The molecule has 0 radical (unpaired) electrons. The maximum Gasteiger partial charge on any atom is 0.315 e. The first kappa shape index (κ1) is 13.6. The molecule has 2 aliphatic rings. The van der Waals surface area contributed by atoms with E-state index in [0.717, 1.165) is 39.0 Å². The van der Waals surface area contributed by atoms with E-state index in [9.17, 15) is 4.79 Å². The number of piperidine rings is 2. The van der Waals surface area contributed by atoms with Gasteiger partial charge in [-0.2, -0.15) is 0 Å². The van der Waals surface area contributed by atoms with Crippen molar-refractivity contribution in [1.82, 2.24) is 20.9 Å². The lowest BCUT2D eigenvalue weighted by Gasteiger charge is -2.32. The topological polar surface area (TPSA) is 56.4 Å². The number of hydrogen-bond donors (Lipinski definition) is 3. The molecule has 0 bridgehead atoms. The Morgan fingerprint density at radius 1 is 1.33 bits per heavy atom. The maximum absolute atomic E-state index is 11.8. The second-order valence-corrected chi connectivity index (χ2v) is 5.53. The van der Waals surface area contributed by atoms with Gasteiger partial charge in [0.2, 0.25) is 0 Å². The summed E-state index contributed by atoms with van der Waals surface area (Å²) in [7, 11) is 2.15. The number of amides is 2. The number of nitrogens with zero attached hydrogens (tertiary/aromatic N) is 1. The third kappa shape index (κ3) is 4.14. The predicted octanol–water partition coefficient (Wildman–Crippen LogP) is 0.522. The molecular weight excluding hydrogens is 228 g/mol. The smallest absolute Gasteiger partial charge is 0.315 e. The highest BCUT2D eigenvalue weighted by atomic mass is 16.2. The Kier molecular flexibility index (Phi) is 5.26. The van der Waals surface area contributed by atoms with Crippen molar-refractivity contribution in [3.63, 3.8) is 0 Å². The zero-order valence-electron chi connectivity index (χ0n) is 11.4. The first-order valence-electron chi connectivity index (χ1n) is 7.21. The van der Waals surface area contributed by atoms with Crippen LogP contribution in [0.3, 0.4) is 0 Å². The zero-order chi connectivity index (χ0) is 12.8. The molecule has 0 saturated carbocycles. The normalized spacial score (nSPS) is 29.8. The second-order valence-electron chi connectivity index (χ2n) is 5.53. The van der Waals surface area contributed by atoms with Crippen LogP contribution in [0.4, 0.5) is 4.79 Å². The minimum atomic E-state index is -0.0114. The molecule has 2 atom stereocenters. The number of carbonyl (C=O) groups is 1. The average molecular weight is 254 g/mol. The van der Waals surface area contributed by atoms with Gasteiger partial charge in [0.1, 0.15) is 0 Å². The van der Waals surface area contributed by atoms with Gasteiger partial charge in [-0.25, -0.2) is 4.79 Å². The number of likely N-dealkylation sites (tertiary alicyclic amines) is 1. The van der Waals surface area contributed by atoms with Crippen LogP contribution in [0.25, 0.3) is 0 Å². The Morgan fingerprint density at radius 3 is 2.94 bits per heavy atom. The van der Waals surface area contributed by atoms with Gasteiger partial charge in [0.25, 0.3) is 0 Å². The fraction of sp³-hybridized carbons (Fsp3) is 0.923. The molecular formula is C13H26N4O. The summed E-state index contributed by atoms with van der Waals surface area (Å²) in [6, 6.07) is 0.791. The van der Waals surface area contributed by atoms with Crippen molar-refractivity contribution in [2.45, 2.75) is 44.2 Å². The SMILES string of the molecule is CN1CCCCC1CNC(=O)NC1CCCNC1. The Balaban J connectivity index is 1.64. The summed E-state index contributed by atoms with van der Waals surface area (Å²) < 4.78 is 0. The standard InChI is InChI=1S/C13H26N4O/c1-17-8-3-2-6-12(17)10-15-13(18)16-11-5-4-7-14-9-11/h11-12,14H,2-10H2,1H3,(H2,15,16,18). The van der Waals surface area contributed by atoms with E-state index < -0.39 is 0 Å². The van der Waals surface area contributed by atoms with Gasteiger partial charge in [0, 0.05) is 25.2 Å². The fourth-order valence-corrected chi connectivity index (χ4v) is 2.82. The molecule has 0 aromatic rings. The molecule has 0 spiro atoms. The lowest BCUT2D eigenvalue weighted by molar-refractivity contribution is 0.179. The van der Waals surface area contributed by atoms with E-state index in [0.29, 0.717) is 12.1 Å². The highest BCUT2D eigenvalue weighted by molar-refractivity contribution is 5.74. The maximum atomic E-state index is 11.8. The molecule has 2 fully saturated rings. The van der Waals surface area contributed by atoms with Gasteiger partial charge < -0.3 is 20.9 Å². The van der Waals surface area contributed by atoms with Crippen molar-refractivity contribution < 1.29 is 4.79 Å². The van der Waals surface area contributed by atoms with Crippen LogP contribution in [0.2, 0.25) is 0 Å². The van der Waals surface area contributed by atoms with E-state index in [4.69, 9.17) is 0 Å². The van der Waals surface area contributed by atoms with Crippen molar-refractivity contribution in [1.29, 1.82) is 0 Å². The largest absolute Gasteiger partial charge is 0.337 e. The molecule has 5 nitrogen and oxygen atoms in total. The van der Waals surface area contributed by atoms with Gasteiger partial charge in [-0.05, 0) is 45.8 Å². The number of hydrogen-bond acceptors (Lipinski definition) is 3. The van der Waals surface area contributed by atoms with Crippen LogP contribution in [0.1, 0.15) is 32.1 Å². The summed E-state index contributed by atoms with van der Waals surface area (Å²) in [6.45, 7) is 3.90. The molecule has 2 saturated heterocycles. The number of urea groups is 1. The predicted molar refractivity (Wildman–Crippen MR) is 72.7 cm³/mol.